The van der Waals surface area contributed by atoms with Crippen LogP contribution >= 0.6 is 23.2 Å². The number of hydrogen-bond donors (Lipinski definition) is 0. The summed E-state index contributed by atoms with van der Waals surface area (Å²) in [7, 11) is 0. The molecule has 0 unspecified atom stereocenters. The molecule has 3 rings (SSSR count). The zero-order valence-electron chi connectivity index (χ0n) is 15.1. The van der Waals surface area contributed by atoms with Crippen molar-refractivity contribution in [2.75, 3.05) is 13.1 Å². The van der Waals surface area contributed by atoms with Crippen LogP contribution in [0.2, 0.25) is 10.3 Å². The predicted molar refractivity (Wildman–Crippen MR) is 106 cm³/mol. The molecule has 140 valence electrons. The highest BCUT2D eigenvalue weighted by Crippen LogP contribution is 2.26. The van der Waals surface area contributed by atoms with Crippen LogP contribution in [0.3, 0.4) is 0 Å². The zero-order chi connectivity index (χ0) is 18.5. The van der Waals surface area contributed by atoms with Gasteiger partial charge in [0.15, 0.2) is 5.15 Å². The fourth-order valence-corrected chi connectivity index (χ4v) is 4.07. The summed E-state index contributed by atoms with van der Waals surface area (Å²) in [5.41, 5.74) is 1.22. The van der Waals surface area contributed by atoms with E-state index in [4.69, 9.17) is 23.2 Å². The Kier molecular flexibility index (Phi) is 6.60. The lowest BCUT2D eigenvalue weighted by Gasteiger charge is -2.32. The average molecular weight is 394 g/mol. The van der Waals surface area contributed by atoms with Gasteiger partial charge < -0.3 is 9.47 Å². The van der Waals surface area contributed by atoms with Crippen molar-refractivity contribution >= 4 is 29.1 Å². The Morgan fingerprint density at radius 1 is 1.19 bits per heavy atom. The van der Waals surface area contributed by atoms with E-state index in [0.29, 0.717) is 22.6 Å². The van der Waals surface area contributed by atoms with E-state index in [-0.39, 0.29) is 5.91 Å². The lowest BCUT2D eigenvalue weighted by atomic mass is 9.93. The first-order valence-corrected chi connectivity index (χ1v) is 10.00. The summed E-state index contributed by atoms with van der Waals surface area (Å²) in [4.78, 5) is 18.6. The van der Waals surface area contributed by atoms with Crippen molar-refractivity contribution in [3.63, 3.8) is 0 Å². The minimum Gasteiger partial charge on any atom is -0.343 e. The number of aryl methyl sites for hydroxylation is 2. The van der Waals surface area contributed by atoms with E-state index in [9.17, 15) is 4.79 Å². The third-order valence-electron chi connectivity index (χ3n) is 5.26. The third kappa shape index (κ3) is 4.80. The lowest BCUT2D eigenvalue weighted by Crippen LogP contribution is -2.38. The SMILES string of the molecule is Cc1nc(Cl)c(Cl)n1CCC1CCN(C(=O)CCc2ccccc2)CC1. The number of carbonyl (C=O) groups excluding carboxylic acids is 1. The summed E-state index contributed by atoms with van der Waals surface area (Å²) >= 11 is 12.2. The second kappa shape index (κ2) is 8.92. The van der Waals surface area contributed by atoms with Gasteiger partial charge in [-0.2, -0.15) is 0 Å². The fraction of sp³-hybridized carbons (Fsp3) is 0.500. The number of nitrogens with zero attached hydrogens (tertiary/aromatic N) is 3. The third-order valence-corrected chi connectivity index (χ3v) is 6.00. The smallest absolute Gasteiger partial charge is 0.222 e. The van der Waals surface area contributed by atoms with Gasteiger partial charge in [-0.3, -0.25) is 4.79 Å². The molecule has 0 spiro atoms. The number of amides is 1. The predicted octanol–water partition coefficient (Wildman–Crippen LogP) is 4.76. The van der Waals surface area contributed by atoms with Gasteiger partial charge in [-0.25, -0.2) is 4.98 Å². The Hall–Kier alpha value is -1.52. The molecule has 0 N–H and O–H groups in total. The molecular formula is C20H25Cl2N3O. The molecule has 1 saturated heterocycles. The molecule has 1 aromatic heterocycles. The molecule has 26 heavy (non-hydrogen) atoms. The Morgan fingerprint density at radius 3 is 2.50 bits per heavy atom. The number of rotatable bonds is 6. The zero-order valence-corrected chi connectivity index (χ0v) is 16.6. The van der Waals surface area contributed by atoms with Crippen molar-refractivity contribution in [2.24, 2.45) is 5.92 Å². The normalized spacial score (nSPS) is 15.4. The average Bonchev–Trinajstić information content (AvgIpc) is 2.91. The van der Waals surface area contributed by atoms with Gasteiger partial charge in [0.05, 0.1) is 0 Å². The van der Waals surface area contributed by atoms with E-state index in [0.717, 1.165) is 51.1 Å². The summed E-state index contributed by atoms with van der Waals surface area (Å²) in [5, 5.41) is 0.903. The van der Waals surface area contributed by atoms with Crippen LogP contribution in [0.25, 0.3) is 0 Å². The molecule has 1 amide bonds. The van der Waals surface area contributed by atoms with Gasteiger partial charge in [0, 0.05) is 26.1 Å². The van der Waals surface area contributed by atoms with E-state index >= 15 is 0 Å². The van der Waals surface area contributed by atoms with Gasteiger partial charge in [-0.05, 0) is 44.1 Å². The second-order valence-corrected chi connectivity index (χ2v) is 7.71. The van der Waals surface area contributed by atoms with E-state index in [1.807, 2.05) is 34.6 Å². The molecule has 0 saturated carbocycles. The molecule has 0 bridgehead atoms. The standard InChI is InChI=1S/C20H25Cl2N3O/c1-15-23-19(21)20(22)25(15)14-11-17-9-12-24(13-10-17)18(26)8-7-16-5-3-2-4-6-16/h2-6,17H,7-14H2,1H3. The van der Waals surface area contributed by atoms with Crippen molar-refractivity contribution in [2.45, 2.75) is 45.6 Å². The highest BCUT2D eigenvalue weighted by atomic mass is 35.5. The monoisotopic (exact) mass is 393 g/mol. The maximum absolute atomic E-state index is 12.4. The fourth-order valence-electron chi connectivity index (χ4n) is 3.60. The van der Waals surface area contributed by atoms with E-state index < -0.39 is 0 Å². The van der Waals surface area contributed by atoms with Crippen LogP contribution in [-0.4, -0.2) is 33.4 Å². The number of likely N-dealkylation sites (tertiary alicyclic amines) is 1. The van der Waals surface area contributed by atoms with Crippen LogP contribution in [0.5, 0.6) is 0 Å². The van der Waals surface area contributed by atoms with Crippen molar-refractivity contribution < 1.29 is 4.79 Å². The number of hydrogen-bond acceptors (Lipinski definition) is 2. The molecule has 4 nitrogen and oxygen atoms in total. The van der Waals surface area contributed by atoms with Gasteiger partial charge in [0.2, 0.25) is 5.91 Å². The first-order chi connectivity index (χ1) is 12.5. The van der Waals surface area contributed by atoms with Gasteiger partial charge >= 0.3 is 0 Å². The molecule has 1 aliphatic heterocycles. The maximum Gasteiger partial charge on any atom is 0.222 e. The Balaban J connectivity index is 1.41. The summed E-state index contributed by atoms with van der Waals surface area (Å²) in [6.45, 7) is 4.47. The molecule has 1 fully saturated rings. The van der Waals surface area contributed by atoms with E-state index in [1.54, 1.807) is 0 Å². The van der Waals surface area contributed by atoms with Crippen LogP contribution in [0.1, 0.15) is 37.1 Å². The maximum atomic E-state index is 12.4. The molecule has 0 radical (unpaired) electrons. The van der Waals surface area contributed by atoms with Crippen molar-refractivity contribution in [1.29, 1.82) is 0 Å². The number of benzene rings is 1. The Labute approximate surface area is 165 Å². The molecule has 1 aromatic carbocycles. The first-order valence-electron chi connectivity index (χ1n) is 9.24. The van der Waals surface area contributed by atoms with Crippen LogP contribution in [0, 0.1) is 12.8 Å². The van der Waals surface area contributed by atoms with Crippen molar-refractivity contribution in [3.8, 4) is 0 Å². The number of imidazole rings is 1. The molecular weight excluding hydrogens is 369 g/mol. The Morgan fingerprint density at radius 2 is 1.88 bits per heavy atom. The van der Waals surface area contributed by atoms with E-state index in [1.165, 1.54) is 5.56 Å². The van der Waals surface area contributed by atoms with Gasteiger partial charge in [-0.1, -0.05) is 53.5 Å². The molecule has 6 heteroatoms. The van der Waals surface area contributed by atoms with Crippen LogP contribution < -0.4 is 0 Å². The second-order valence-electron chi connectivity index (χ2n) is 6.99. The lowest BCUT2D eigenvalue weighted by molar-refractivity contribution is -0.132. The van der Waals surface area contributed by atoms with Gasteiger partial charge in [-0.15, -0.1) is 0 Å². The van der Waals surface area contributed by atoms with Gasteiger partial charge in [0.1, 0.15) is 11.0 Å². The summed E-state index contributed by atoms with van der Waals surface area (Å²) in [5.74, 6) is 1.74. The number of halogens is 2. The number of piperidine rings is 1. The van der Waals surface area contributed by atoms with Crippen molar-refractivity contribution in [1.82, 2.24) is 14.5 Å². The van der Waals surface area contributed by atoms with E-state index in [2.05, 4.69) is 17.1 Å². The highest BCUT2D eigenvalue weighted by molar-refractivity contribution is 6.40. The van der Waals surface area contributed by atoms with Crippen molar-refractivity contribution in [3.05, 3.63) is 52.0 Å². The van der Waals surface area contributed by atoms with Crippen LogP contribution in [-0.2, 0) is 17.8 Å². The minimum atomic E-state index is 0.271. The largest absolute Gasteiger partial charge is 0.343 e. The summed E-state index contributed by atoms with van der Waals surface area (Å²) < 4.78 is 1.97. The first kappa shape index (κ1) is 19.2. The summed E-state index contributed by atoms with van der Waals surface area (Å²) in [6, 6.07) is 10.2. The minimum absolute atomic E-state index is 0.271. The van der Waals surface area contributed by atoms with Crippen LogP contribution in [0.15, 0.2) is 30.3 Å². The molecule has 0 aliphatic carbocycles. The van der Waals surface area contributed by atoms with Crippen LogP contribution in [0.4, 0.5) is 0 Å². The molecule has 1 aliphatic rings. The Bertz CT molecular complexity index is 737. The van der Waals surface area contributed by atoms with Gasteiger partial charge in [0.25, 0.3) is 0 Å². The molecule has 2 heterocycles. The topological polar surface area (TPSA) is 38.1 Å². The number of carbonyl (C=O) groups is 1. The number of aromatic nitrogens is 2. The molecule has 0 atom stereocenters. The quantitative estimate of drug-likeness (QED) is 0.709. The highest BCUT2D eigenvalue weighted by Gasteiger charge is 2.23. The molecule has 2 aromatic rings. The summed E-state index contributed by atoms with van der Waals surface area (Å²) in [6.07, 6.45) is 4.56.